The molecule has 0 radical (unpaired) electrons. The molecule has 0 aliphatic carbocycles. The largest absolute Gasteiger partial charge is 0.474 e. The van der Waals surface area contributed by atoms with Gasteiger partial charge < -0.3 is 10.1 Å². The van der Waals surface area contributed by atoms with Crippen LogP contribution in [-0.2, 0) is 0 Å². The highest BCUT2D eigenvalue weighted by molar-refractivity contribution is 5.13. The van der Waals surface area contributed by atoms with E-state index in [1.807, 2.05) is 20.0 Å². The molecule has 2 atom stereocenters. The van der Waals surface area contributed by atoms with Gasteiger partial charge in [-0.25, -0.2) is 4.98 Å². The van der Waals surface area contributed by atoms with E-state index in [0.717, 1.165) is 25.1 Å². The van der Waals surface area contributed by atoms with Crippen molar-refractivity contribution in [2.75, 3.05) is 6.54 Å². The summed E-state index contributed by atoms with van der Waals surface area (Å²) in [5.74, 6) is 0.949. The molecule has 0 saturated carbocycles. The summed E-state index contributed by atoms with van der Waals surface area (Å²) in [5, 5.41) is 3.57. The maximum atomic E-state index is 5.61. The van der Waals surface area contributed by atoms with E-state index in [4.69, 9.17) is 4.74 Å². The average molecular weight is 265 g/mol. The van der Waals surface area contributed by atoms with Crippen LogP contribution in [-0.4, -0.2) is 28.7 Å². The molecule has 0 spiro atoms. The molecule has 0 aromatic carbocycles. The van der Waals surface area contributed by atoms with Gasteiger partial charge in [-0.1, -0.05) is 20.8 Å². The molecule has 1 aromatic rings. The zero-order valence-electron chi connectivity index (χ0n) is 12.8. The number of ether oxygens (including phenoxy) is 1. The van der Waals surface area contributed by atoms with Crippen LogP contribution in [0.15, 0.2) is 12.4 Å². The number of nitrogens with zero attached hydrogens (tertiary/aromatic N) is 2. The Kier molecular flexibility index (Phi) is 6.78. The van der Waals surface area contributed by atoms with Gasteiger partial charge in [0.05, 0.1) is 18.0 Å². The Labute approximate surface area is 117 Å². The molecule has 0 aliphatic rings. The van der Waals surface area contributed by atoms with Crippen molar-refractivity contribution in [3.8, 4) is 5.88 Å². The third kappa shape index (κ3) is 5.15. The summed E-state index contributed by atoms with van der Waals surface area (Å²) in [6, 6.07) is 0.434. The predicted molar refractivity (Wildman–Crippen MR) is 78.6 cm³/mol. The highest BCUT2D eigenvalue weighted by Crippen LogP contribution is 2.21. The summed E-state index contributed by atoms with van der Waals surface area (Å²) < 4.78 is 5.61. The van der Waals surface area contributed by atoms with E-state index < -0.39 is 0 Å². The molecule has 0 amide bonds. The maximum absolute atomic E-state index is 5.61. The van der Waals surface area contributed by atoms with Crippen LogP contribution in [0.3, 0.4) is 0 Å². The summed E-state index contributed by atoms with van der Waals surface area (Å²) in [6.07, 6.45) is 5.87. The predicted octanol–water partition coefficient (Wildman–Crippen LogP) is 3.15. The van der Waals surface area contributed by atoms with Gasteiger partial charge in [0.2, 0.25) is 5.88 Å². The fourth-order valence-corrected chi connectivity index (χ4v) is 2.09. The van der Waals surface area contributed by atoms with Crippen LogP contribution in [0.2, 0.25) is 0 Å². The van der Waals surface area contributed by atoms with Crippen molar-refractivity contribution in [1.82, 2.24) is 15.3 Å². The molecule has 4 heteroatoms. The molecule has 0 bridgehead atoms. The minimum absolute atomic E-state index is 0.125. The molecule has 0 saturated heterocycles. The zero-order chi connectivity index (χ0) is 14.3. The highest BCUT2D eigenvalue weighted by Gasteiger charge is 2.18. The third-order valence-electron chi connectivity index (χ3n) is 3.15. The first-order chi connectivity index (χ1) is 9.08. The lowest BCUT2D eigenvalue weighted by molar-refractivity contribution is 0.230. The van der Waals surface area contributed by atoms with E-state index >= 15 is 0 Å². The molecular formula is C15H27N3O. The summed E-state index contributed by atoms with van der Waals surface area (Å²) in [7, 11) is 0. The van der Waals surface area contributed by atoms with Gasteiger partial charge in [-0.15, -0.1) is 0 Å². The Hall–Kier alpha value is -1.16. The molecule has 0 fully saturated rings. The topological polar surface area (TPSA) is 47.0 Å². The highest BCUT2D eigenvalue weighted by atomic mass is 16.5. The quantitative estimate of drug-likeness (QED) is 0.784. The van der Waals surface area contributed by atoms with Crippen molar-refractivity contribution in [1.29, 1.82) is 0 Å². The molecule has 108 valence electrons. The van der Waals surface area contributed by atoms with Crippen LogP contribution in [0.5, 0.6) is 5.88 Å². The standard InChI is InChI=1S/C15H27N3O/c1-6-8-17-13(7-2)12(5)14-9-16-10-15(18-14)19-11(3)4/h9-13,17H,6-8H2,1-5H3. The number of aromatic nitrogens is 2. The Morgan fingerprint density at radius 1 is 1.21 bits per heavy atom. The number of hydrogen-bond donors (Lipinski definition) is 1. The van der Waals surface area contributed by atoms with Crippen LogP contribution in [0.25, 0.3) is 0 Å². The van der Waals surface area contributed by atoms with E-state index in [1.165, 1.54) is 0 Å². The van der Waals surface area contributed by atoms with Gasteiger partial charge in [0.1, 0.15) is 0 Å². The van der Waals surface area contributed by atoms with Crippen molar-refractivity contribution in [3.63, 3.8) is 0 Å². The second kappa shape index (κ2) is 8.10. The SMILES string of the molecule is CCCNC(CC)C(C)c1cncc(OC(C)C)n1. The lowest BCUT2D eigenvalue weighted by atomic mass is 9.96. The Balaban J connectivity index is 2.76. The van der Waals surface area contributed by atoms with E-state index in [-0.39, 0.29) is 6.10 Å². The smallest absolute Gasteiger partial charge is 0.232 e. The Morgan fingerprint density at radius 2 is 1.95 bits per heavy atom. The van der Waals surface area contributed by atoms with E-state index in [1.54, 1.807) is 6.20 Å². The fourth-order valence-electron chi connectivity index (χ4n) is 2.09. The van der Waals surface area contributed by atoms with Crippen molar-refractivity contribution < 1.29 is 4.74 Å². The second-order valence-corrected chi connectivity index (χ2v) is 5.21. The van der Waals surface area contributed by atoms with E-state index in [9.17, 15) is 0 Å². The fraction of sp³-hybridized carbons (Fsp3) is 0.733. The van der Waals surface area contributed by atoms with Crippen LogP contribution in [0, 0.1) is 0 Å². The second-order valence-electron chi connectivity index (χ2n) is 5.21. The molecule has 2 unspecified atom stereocenters. The van der Waals surface area contributed by atoms with Crippen LogP contribution >= 0.6 is 0 Å². The monoisotopic (exact) mass is 265 g/mol. The molecule has 1 N–H and O–H groups in total. The molecule has 1 aromatic heterocycles. The third-order valence-corrected chi connectivity index (χ3v) is 3.15. The lowest BCUT2D eigenvalue weighted by Crippen LogP contribution is -2.34. The normalized spacial score (nSPS) is 14.4. The minimum Gasteiger partial charge on any atom is -0.474 e. The summed E-state index contributed by atoms with van der Waals surface area (Å²) in [4.78, 5) is 8.81. The van der Waals surface area contributed by atoms with Crippen molar-refractivity contribution >= 4 is 0 Å². The maximum Gasteiger partial charge on any atom is 0.232 e. The molecule has 4 nitrogen and oxygen atoms in total. The van der Waals surface area contributed by atoms with Gasteiger partial charge in [-0.05, 0) is 33.2 Å². The first-order valence-electron chi connectivity index (χ1n) is 7.30. The van der Waals surface area contributed by atoms with Gasteiger partial charge in [0.25, 0.3) is 0 Å². The van der Waals surface area contributed by atoms with Crippen LogP contribution in [0.1, 0.15) is 59.1 Å². The van der Waals surface area contributed by atoms with Crippen molar-refractivity contribution in [2.24, 2.45) is 0 Å². The Morgan fingerprint density at radius 3 is 2.53 bits per heavy atom. The minimum atomic E-state index is 0.125. The molecule has 0 aliphatic heterocycles. The summed E-state index contributed by atoms with van der Waals surface area (Å²) >= 11 is 0. The zero-order valence-corrected chi connectivity index (χ0v) is 12.8. The van der Waals surface area contributed by atoms with Gasteiger partial charge in [0, 0.05) is 18.2 Å². The first-order valence-corrected chi connectivity index (χ1v) is 7.30. The molecule has 1 rings (SSSR count). The molecule has 19 heavy (non-hydrogen) atoms. The summed E-state index contributed by atoms with van der Waals surface area (Å²) in [5.41, 5.74) is 0.994. The number of hydrogen-bond acceptors (Lipinski definition) is 4. The van der Waals surface area contributed by atoms with Crippen molar-refractivity contribution in [2.45, 2.75) is 65.5 Å². The summed E-state index contributed by atoms with van der Waals surface area (Å²) in [6.45, 7) is 11.6. The van der Waals surface area contributed by atoms with Gasteiger partial charge in [0.15, 0.2) is 0 Å². The van der Waals surface area contributed by atoms with Crippen molar-refractivity contribution in [3.05, 3.63) is 18.1 Å². The average Bonchev–Trinajstić information content (AvgIpc) is 2.39. The lowest BCUT2D eigenvalue weighted by Gasteiger charge is -2.23. The molecular weight excluding hydrogens is 238 g/mol. The van der Waals surface area contributed by atoms with Gasteiger partial charge in [-0.2, -0.15) is 0 Å². The molecule has 1 heterocycles. The number of nitrogens with one attached hydrogen (secondary N) is 1. The van der Waals surface area contributed by atoms with Crippen LogP contribution < -0.4 is 10.1 Å². The first kappa shape index (κ1) is 15.9. The number of rotatable bonds is 8. The van der Waals surface area contributed by atoms with Gasteiger partial charge >= 0.3 is 0 Å². The Bertz CT molecular complexity index is 368. The van der Waals surface area contributed by atoms with E-state index in [2.05, 4.69) is 36.1 Å². The van der Waals surface area contributed by atoms with Gasteiger partial charge in [-0.3, -0.25) is 4.98 Å². The van der Waals surface area contributed by atoms with E-state index in [0.29, 0.717) is 17.8 Å². The van der Waals surface area contributed by atoms with Crippen LogP contribution in [0.4, 0.5) is 0 Å².